The van der Waals surface area contributed by atoms with E-state index in [4.69, 9.17) is 0 Å². The third-order valence-corrected chi connectivity index (χ3v) is 13.4. The van der Waals surface area contributed by atoms with Crippen molar-refractivity contribution in [1.82, 2.24) is 4.57 Å². The molecule has 61 heavy (non-hydrogen) atoms. The predicted octanol–water partition coefficient (Wildman–Crippen LogP) is 16.8. The molecule has 0 bridgehead atoms. The first-order valence-corrected chi connectivity index (χ1v) is 21.7. The molecule has 0 spiro atoms. The van der Waals surface area contributed by atoms with Crippen LogP contribution in [-0.2, 0) is 0 Å². The first-order chi connectivity index (χ1) is 30.3. The minimum Gasteiger partial charge on any atom is -0.310 e. The number of para-hydroxylation sites is 3. The number of benzene rings is 10. The van der Waals surface area contributed by atoms with Gasteiger partial charge in [-0.05, 0) is 82.1 Å². The Labute approximate surface area is 358 Å². The van der Waals surface area contributed by atoms with Crippen molar-refractivity contribution in [2.24, 2.45) is 0 Å². The van der Waals surface area contributed by atoms with Crippen LogP contribution in [0.2, 0.25) is 0 Å². The summed E-state index contributed by atoms with van der Waals surface area (Å²) < 4.78 is 5.11. The summed E-state index contributed by atoms with van der Waals surface area (Å²) in [6.07, 6.45) is 0. The summed E-state index contributed by atoms with van der Waals surface area (Å²) in [5.41, 5.74) is 14.0. The Kier molecular flexibility index (Phi) is 8.39. The molecule has 0 aliphatic heterocycles. The molecule has 2 heterocycles. The summed E-state index contributed by atoms with van der Waals surface area (Å²) in [5.74, 6) is 0. The lowest BCUT2D eigenvalue weighted by molar-refractivity contribution is 1.18. The summed E-state index contributed by atoms with van der Waals surface area (Å²) in [7, 11) is 0. The fourth-order valence-electron chi connectivity index (χ4n) is 9.34. The van der Waals surface area contributed by atoms with E-state index in [1.807, 2.05) is 11.3 Å². The van der Waals surface area contributed by atoms with Crippen LogP contribution >= 0.6 is 11.3 Å². The highest BCUT2D eigenvalue weighted by atomic mass is 32.1. The molecule has 0 saturated heterocycles. The molecule has 10 aromatic carbocycles. The highest BCUT2D eigenvalue weighted by Crippen LogP contribution is 2.46. The highest BCUT2D eigenvalue weighted by molar-refractivity contribution is 7.26. The second-order valence-corrected chi connectivity index (χ2v) is 16.7. The third-order valence-electron chi connectivity index (χ3n) is 12.2. The van der Waals surface area contributed by atoms with Crippen molar-refractivity contribution in [3.63, 3.8) is 0 Å². The van der Waals surface area contributed by atoms with E-state index in [0.717, 1.165) is 28.3 Å². The second-order valence-electron chi connectivity index (χ2n) is 15.7. The molecule has 0 amide bonds. The smallest absolute Gasteiger partial charge is 0.0562 e. The monoisotopic (exact) mass is 794 g/mol. The van der Waals surface area contributed by atoms with Crippen molar-refractivity contribution in [1.29, 1.82) is 0 Å². The Morgan fingerprint density at radius 3 is 1.87 bits per heavy atom. The Balaban J connectivity index is 1.07. The normalized spacial score (nSPS) is 11.6. The van der Waals surface area contributed by atoms with Crippen molar-refractivity contribution < 1.29 is 0 Å². The van der Waals surface area contributed by atoms with Gasteiger partial charge in [0.05, 0.1) is 22.4 Å². The van der Waals surface area contributed by atoms with E-state index in [-0.39, 0.29) is 0 Å². The lowest BCUT2D eigenvalue weighted by Gasteiger charge is -2.28. The fraction of sp³-hybridized carbons (Fsp3) is 0. The largest absolute Gasteiger partial charge is 0.310 e. The molecule has 0 aliphatic carbocycles. The van der Waals surface area contributed by atoms with E-state index in [9.17, 15) is 0 Å². The highest BCUT2D eigenvalue weighted by Gasteiger charge is 2.22. The standard InChI is InChI=1S/C58H38N2S/c1-2-16-41(17-3-1)46-19-6-10-25-53(46)59(44-33-31-40(32-34-44)43-30-29-39-15-4-5-18-42(39)37-43)45-35-36-49-47-20-7-11-26-54(47)60(56(49)38-45)55-27-12-8-21-48(55)51-23-14-24-52-50-22-9-13-28-57(50)61-58(51)52/h1-38H. The van der Waals surface area contributed by atoms with Gasteiger partial charge in [0, 0.05) is 59.0 Å². The van der Waals surface area contributed by atoms with Crippen LogP contribution in [0, 0.1) is 0 Å². The van der Waals surface area contributed by atoms with Crippen molar-refractivity contribution in [3.8, 4) is 39.1 Å². The summed E-state index contributed by atoms with van der Waals surface area (Å²) in [4.78, 5) is 2.43. The number of hydrogen-bond donors (Lipinski definition) is 0. The van der Waals surface area contributed by atoms with Crippen LogP contribution in [0.25, 0.3) is 91.8 Å². The Morgan fingerprint density at radius 1 is 0.344 bits per heavy atom. The molecule has 0 saturated carbocycles. The SMILES string of the molecule is c1ccc(-c2ccccc2N(c2ccc(-c3ccc4ccccc4c3)cc2)c2ccc3c4ccccc4n(-c4ccccc4-c4cccc5c4sc4ccccc45)c3c2)cc1. The van der Waals surface area contributed by atoms with Crippen LogP contribution in [0.3, 0.4) is 0 Å². The third kappa shape index (κ3) is 5.93. The number of anilines is 3. The van der Waals surface area contributed by atoms with Gasteiger partial charge in [-0.15, -0.1) is 11.3 Å². The van der Waals surface area contributed by atoms with Gasteiger partial charge >= 0.3 is 0 Å². The zero-order valence-corrected chi connectivity index (χ0v) is 34.1. The summed E-state index contributed by atoms with van der Waals surface area (Å²) in [5, 5.41) is 7.56. The minimum atomic E-state index is 1.09. The van der Waals surface area contributed by atoms with Crippen molar-refractivity contribution in [2.75, 3.05) is 4.90 Å². The first kappa shape index (κ1) is 35.2. The molecule has 2 nitrogen and oxygen atoms in total. The molecular weight excluding hydrogens is 757 g/mol. The van der Waals surface area contributed by atoms with Gasteiger partial charge in [-0.1, -0.05) is 176 Å². The molecule has 0 aliphatic rings. The average Bonchev–Trinajstić information content (AvgIpc) is 3.88. The maximum Gasteiger partial charge on any atom is 0.0562 e. The molecule has 12 rings (SSSR count). The minimum absolute atomic E-state index is 1.09. The van der Waals surface area contributed by atoms with Gasteiger partial charge in [0.2, 0.25) is 0 Å². The number of fused-ring (bicyclic) bond motifs is 7. The zero-order chi connectivity index (χ0) is 40.3. The van der Waals surface area contributed by atoms with Gasteiger partial charge < -0.3 is 9.47 Å². The van der Waals surface area contributed by atoms with Crippen LogP contribution in [0.15, 0.2) is 231 Å². The number of rotatable bonds is 7. The van der Waals surface area contributed by atoms with Crippen LogP contribution in [-0.4, -0.2) is 4.57 Å². The zero-order valence-electron chi connectivity index (χ0n) is 33.2. The van der Waals surface area contributed by atoms with E-state index in [0.29, 0.717) is 0 Å². The Hall–Kier alpha value is -7.72. The molecule has 0 unspecified atom stereocenters. The van der Waals surface area contributed by atoms with Crippen LogP contribution in [0.5, 0.6) is 0 Å². The van der Waals surface area contributed by atoms with E-state index in [1.54, 1.807) is 0 Å². The van der Waals surface area contributed by atoms with Crippen molar-refractivity contribution in [3.05, 3.63) is 231 Å². The molecule has 2 aromatic heterocycles. The van der Waals surface area contributed by atoms with Crippen molar-refractivity contribution in [2.45, 2.75) is 0 Å². The fourth-order valence-corrected chi connectivity index (χ4v) is 10.6. The maximum absolute atomic E-state index is 2.49. The van der Waals surface area contributed by atoms with Gasteiger partial charge in [-0.2, -0.15) is 0 Å². The van der Waals surface area contributed by atoms with E-state index < -0.39 is 0 Å². The van der Waals surface area contributed by atoms with E-state index in [1.165, 1.54) is 80.6 Å². The van der Waals surface area contributed by atoms with Gasteiger partial charge in [0.1, 0.15) is 0 Å². The summed E-state index contributed by atoms with van der Waals surface area (Å²) >= 11 is 1.88. The summed E-state index contributed by atoms with van der Waals surface area (Å²) in [6.45, 7) is 0. The lowest BCUT2D eigenvalue weighted by Crippen LogP contribution is -2.11. The first-order valence-electron chi connectivity index (χ1n) is 20.8. The number of thiophene rings is 1. The second kappa shape index (κ2) is 14.5. The number of hydrogen-bond acceptors (Lipinski definition) is 2. The van der Waals surface area contributed by atoms with Gasteiger partial charge in [0.15, 0.2) is 0 Å². The van der Waals surface area contributed by atoms with E-state index >= 15 is 0 Å². The molecule has 0 N–H and O–H groups in total. The summed E-state index contributed by atoms with van der Waals surface area (Å²) in [6, 6.07) is 84.2. The number of aromatic nitrogens is 1. The van der Waals surface area contributed by atoms with Crippen LogP contribution in [0.1, 0.15) is 0 Å². The van der Waals surface area contributed by atoms with Crippen molar-refractivity contribution >= 4 is 81.1 Å². The molecule has 286 valence electrons. The van der Waals surface area contributed by atoms with Gasteiger partial charge in [0.25, 0.3) is 0 Å². The molecule has 12 aromatic rings. The van der Waals surface area contributed by atoms with Crippen LogP contribution < -0.4 is 4.90 Å². The maximum atomic E-state index is 2.49. The van der Waals surface area contributed by atoms with E-state index in [2.05, 4.69) is 240 Å². The van der Waals surface area contributed by atoms with Gasteiger partial charge in [-0.3, -0.25) is 0 Å². The average molecular weight is 795 g/mol. The quantitative estimate of drug-likeness (QED) is 0.156. The molecule has 0 fully saturated rings. The van der Waals surface area contributed by atoms with Crippen LogP contribution in [0.4, 0.5) is 17.1 Å². The predicted molar refractivity (Wildman–Crippen MR) is 262 cm³/mol. The Bertz CT molecular complexity index is 3600. The molecule has 0 atom stereocenters. The number of nitrogens with zero attached hydrogens (tertiary/aromatic N) is 2. The van der Waals surface area contributed by atoms with Gasteiger partial charge in [-0.25, -0.2) is 0 Å². The topological polar surface area (TPSA) is 8.17 Å². The Morgan fingerprint density at radius 2 is 0.984 bits per heavy atom. The molecule has 3 heteroatoms. The molecular formula is C58H38N2S. The molecule has 0 radical (unpaired) electrons. The lowest BCUT2D eigenvalue weighted by atomic mass is 9.99.